The molecule has 0 bridgehead atoms. The summed E-state index contributed by atoms with van der Waals surface area (Å²) in [4.78, 5) is 6.88. The third kappa shape index (κ3) is 4.55. The molecular weight excluding hydrogens is 488 g/mol. The Kier molecular flexibility index (Phi) is 6.40. The number of benzene rings is 3. The van der Waals surface area contributed by atoms with Gasteiger partial charge in [0, 0.05) is 29.5 Å². The van der Waals surface area contributed by atoms with Gasteiger partial charge in [-0.25, -0.2) is 0 Å². The van der Waals surface area contributed by atoms with Crippen LogP contribution in [-0.2, 0) is 0 Å². The largest absolute Gasteiger partial charge is 0.457 e. The van der Waals surface area contributed by atoms with Gasteiger partial charge in [-0.2, -0.15) is 0 Å². The lowest BCUT2D eigenvalue weighted by molar-refractivity contribution is 0.482. The number of hydrogen-bond donors (Lipinski definition) is 1. The molecule has 0 aliphatic carbocycles. The van der Waals surface area contributed by atoms with E-state index in [4.69, 9.17) is 21.9 Å². The van der Waals surface area contributed by atoms with Crippen LogP contribution in [0, 0.1) is 13.8 Å². The van der Waals surface area contributed by atoms with E-state index in [9.17, 15) is 0 Å². The first-order valence-corrected chi connectivity index (χ1v) is 13.1. The molecule has 1 aliphatic heterocycles. The first kappa shape index (κ1) is 23.9. The highest BCUT2D eigenvalue weighted by Crippen LogP contribution is 2.42. The van der Waals surface area contributed by atoms with Crippen molar-refractivity contribution >= 4 is 23.0 Å². The van der Waals surface area contributed by atoms with E-state index in [0.717, 1.165) is 34.3 Å². The van der Waals surface area contributed by atoms with E-state index in [1.807, 2.05) is 60.8 Å². The zero-order valence-corrected chi connectivity index (χ0v) is 22.1. The Hall–Kier alpha value is -4.42. The summed E-state index contributed by atoms with van der Waals surface area (Å²) < 4.78 is 8.28. The van der Waals surface area contributed by atoms with Crippen LogP contribution >= 0.6 is 12.2 Å². The van der Waals surface area contributed by atoms with E-state index in [1.54, 1.807) is 0 Å². The van der Waals surface area contributed by atoms with E-state index < -0.39 is 0 Å². The zero-order chi connectivity index (χ0) is 26.1. The fourth-order valence-corrected chi connectivity index (χ4v) is 5.32. The van der Waals surface area contributed by atoms with Crippen molar-refractivity contribution in [3.63, 3.8) is 0 Å². The Morgan fingerprint density at radius 3 is 2.24 bits per heavy atom. The van der Waals surface area contributed by atoms with Crippen LogP contribution in [0.1, 0.15) is 34.6 Å². The number of hydrogen-bond acceptors (Lipinski definition) is 3. The minimum atomic E-state index is -0.121. The molecule has 6 heteroatoms. The molecule has 0 saturated carbocycles. The summed E-state index contributed by atoms with van der Waals surface area (Å²) >= 11 is 5.93. The third-order valence-electron chi connectivity index (χ3n) is 7.04. The van der Waals surface area contributed by atoms with Crippen molar-refractivity contribution in [1.82, 2.24) is 14.9 Å². The number of rotatable bonds is 6. The molecule has 38 heavy (non-hydrogen) atoms. The summed E-state index contributed by atoms with van der Waals surface area (Å²) in [6.45, 7) is 4.29. The third-order valence-corrected chi connectivity index (χ3v) is 7.36. The number of pyridine rings is 1. The van der Waals surface area contributed by atoms with E-state index in [1.165, 1.54) is 11.1 Å². The maximum Gasteiger partial charge on any atom is 0.174 e. The molecule has 0 unspecified atom stereocenters. The maximum atomic E-state index is 6.03. The molecule has 3 aromatic carbocycles. The number of ether oxygens (including phenoxy) is 1. The van der Waals surface area contributed by atoms with Gasteiger partial charge in [-0.3, -0.25) is 4.98 Å². The van der Waals surface area contributed by atoms with E-state index in [0.29, 0.717) is 5.11 Å². The van der Waals surface area contributed by atoms with Crippen LogP contribution in [0.4, 0.5) is 5.69 Å². The Bertz CT molecular complexity index is 1560. The van der Waals surface area contributed by atoms with E-state index in [2.05, 4.69) is 83.4 Å². The van der Waals surface area contributed by atoms with Gasteiger partial charge in [0.2, 0.25) is 0 Å². The molecular formula is C32H28N4OS. The number of nitrogens with one attached hydrogen (secondary N) is 1. The topological polar surface area (TPSA) is 42.3 Å². The SMILES string of the molecule is Cc1ccc(-n2cccc2[C@H]2[C@@H](c3ccccn3)NC(=S)N2c2ccc(Oc3ccccc3)cc2)cc1C. The highest BCUT2D eigenvalue weighted by atomic mass is 32.1. The molecule has 2 atom stereocenters. The predicted molar refractivity (Wildman–Crippen MR) is 156 cm³/mol. The maximum absolute atomic E-state index is 6.03. The second kappa shape index (κ2) is 10.1. The Morgan fingerprint density at radius 2 is 1.50 bits per heavy atom. The van der Waals surface area contributed by atoms with Gasteiger partial charge in [0.25, 0.3) is 0 Å². The highest BCUT2D eigenvalue weighted by Gasteiger charge is 2.42. The van der Waals surface area contributed by atoms with Crippen molar-refractivity contribution in [3.05, 3.63) is 138 Å². The molecule has 3 heterocycles. The molecule has 1 saturated heterocycles. The average Bonchev–Trinajstić information content (AvgIpc) is 3.56. The zero-order valence-electron chi connectivity index (χ0n) is 21.3. The van der Waals surface area contributed by atoms with Crippen LogP contribution in [0.15, 0.2) is 116 Å². The predicted octanol–water partition coefficient (Wildman–Crippen LogP) is 7.46. The lowest BCUT2D eigenvalue weighted by atomic mass is 10.0. The molecule has 1 fully saturated rings. The minimum Gasteiger partial charge on any atom is -0.457 e. The summed E-state index contributed by atoms with van der Waals surface area (Å²) in [6.07, 6.45) is 3.95. The Balaban J connectivity index is 1.41. The van der Waals surface area contributed by atoms with E-state index in [-0.39, 0.29) is 12.1 Å². The van der Waals surface area contributed by atoms with E-state index >= 15 is 0 Å². The first-order chi connectivity index (χ1) is 18.6. The molecule has 0 spiro atoms. The number of aromatic nitrogens is 2. The van der Waals surface area contributed by atoms with Gasteiger partial charge in [-0.15, -0.1) is 0 Å². The van der Waals surface area contributed by atoms with Crippen LogP contribution in [0.3, 0.4) is 0 Å². The van der Waals surface area contributed by atoms with Gasteiger partial charge in [-0.05, 0) is 110 Å². The Morgan fingerprint density at radius 1 is 0.763 bits per heavy atom. The van der Waals surface area contributed by atoms with Crippen molar-refractivity contribution in [2.75, 3.05) is 4.90 Å². The second-order valence-corrected chi connectivity index (χ2v) is 9.86. The first-order valence-electron chi connectivity index (χ1n) is 12.7. The molecule has 188 valence electrons. The molecule has 1 N–H and O–H groups in total. The molecule has 0 radical (unpaired) electrons. The van der Waals surface area contributed by atoms with Crippen molar-refractivity contribution in [1.29, 1.82) is 0 Å². The number of anilines is 1. The molecule has 6 rings (SSSR count). The van der Waals surface area contributed by atoms with Gasteiger partial charge >= 0.3 is 0 Å². The number of aryl methyl sites for hydroxylation is 2. The van der Waals surface area contributed by atoms with Crippen LogP contribution in [0.5, 0.6) is 11.5 Å². The molecule has 0 amide bonds. The average molecular weight is 517 g/mol. The quantitative estimate of drug-likeness (QED) is 0.237. The minimum absolute atomic E-state index is 0.116. The number of thiocarbonyl (C=S) groups is 1. The molecule has 1 aliphatic rings. The van der Waals surface area contributed by atoms with Crippen molar-refractivity contribution in [3.8, 4) is 17.2 Å². The van der Waals surface area contributed by atoms with Gasteiger partial charge in [0.1, 0.15) is 17.5 Å². The smallest absolute Gasteiger partial charge is 0.174 e. The standard InChI is InChI=1S/C32H28N4OS/c1-22-13-14-25(21-23(22)2)35-20-8-12-29(35)31-30(28-11-6-7-19-33-28)34-32(38)36(31)24-15-17-27(18-16-24)37-26-9-4-3-5-10-26/h3-21,30-31H,1-2H3,(H,34,38)/t30-,31+/m1/s1. The lowest BCUT2D eigenvalue weighted by Crippen LogP contribution is -2.30. The number of para-hydroxylation sites is 1. The fourth-order valence-electron chi connectivity index (χ4n) is 4.98. The summed E-state index contributed by atoms with van der Waals surface area (Å²) in [5.41, 5.74) is 6.71. The van der Waals surface area contributed by atoms with Crippen LogP contribution in [0.2, 0.25) is 0 Å². The second-order valence-electron chi connectivity index (χ2n) is 9.48. The summed E-state index contributed by atoms with van der Waals surface area (Å²) in [7, 11) is 0. The van der Waals surface area contributed by atoms with Crippen LogP contribution < -0.4 is 15.0 Å². The van der Waals surface area contributed by atoms with Crippen LogP contribution in [-0.4, -0.2) is 14.7 Å². The molecule has 5 nitrogen and oxygen atoms in total. The number of nitrogens with zero attached hydrogens (tertiary/aromatic N) is 3. The highest BCUT2D eigenvalue weighted by molar-refractivity contribution is 7.80. The monoisotopic (exact) mass is 516 g/mol. The van der Waals surface area contributed by atoms with Crippen molar-refractivity contribution in [2.45, 2.75) is 25.9 Å². The molecule has 2 aromatic heterocycles. The van der Waals surface area contributed by atoms with Gasteiger partial charge in [-0.1, -0.05) is 30.3 Å². The summed E-state index contributed by atoms with van der Waals surface area (Å²) in [6, 6.07) is 34.5. The Labute approximate surface area is 228 Å². The van der Waals surface area contributed by atoms with Gasteiger partial charge in [0.15, 0.2) is 5.11 Å². The summed E-state index contributed by atoms with van der Waals surface area (Å²) in [5, 5.41) is 4.22. The lowest BCUT2D eigenvalue weighted by Gasteiger charge is -2.29. The van der Waals surface area contributed by atoms with Gasteiger partial charge < -0.3 is 19.5 Å². The van der Waals surface area contributed by atoms with Crippen molar-refractivity contribution < 1.29 is 4.74 Å². The fraction of sp³-hybridized carbons (Fsp3) is 0.125. The van der Waals surface area contributed by atoms with Crippen molar-refractivity contribution in [2.24, 2.45) is 0 Å². The van der Waals surface area contributed by atoms with Gasteiger partial charge in [0.05, 0.1) is 11.7 Å². The molecule has 5 aromatic rings. The summed E-state index contributed by atoms with van der Waals surface area (Å²) in [5.74, 6) is 1.58. The van der Waals surface area contributed by atoms with Crippen LogP contribution in [0.25, 0.3) is 5.69 Å². The normalized spacial score (nSPS) is 16.9.